The second kappa shape index (κ2) is 4.50. The molecule has 0 spiro atoms. The molecule has 0 aliphatic heterocycles. The van der Waals surface area contributed by atoms with Crippen LogP contribution in [0.4, 0.5) is 0 Å². The monoisotopic (exact) mass is 237 g/mol. The SMILES string of the molecule is CNC(C1CCCc2sccc21)C(C)(C)C. The lowest BCUT2D eigenvalue weighted by molar-refractivity contribution is 0.230. The number of likely N-dealkylation sites (N-methyl/N-ethyl adjacent to an activating group) is 1. The Balaban J connectivity index is 2.29. The zero-order valence-electron chi connectivity index (χ0n) is 10.8. The van der Waals surface area contributed by atoms with E-state index in [0.29, 0.717) is 17.4 Å². The van der Waals surface area contributed by atoms with Gasteiger partial charge in [-0.05, 0) is 48.7 Å². The van der Waals surface area contributed by atoms with Crippen LogP contribution in [0.15, 0.2) is 11.4 Å². The molecule has 2 rings (SSSR count). The van der Waals surface area contributed by atoms with Gasteiger partial charge in [0.15, 0.2) is 0 Å². The summed E-state index contributed by atoms with van der Waals surface area (Å²) >= 11 is 1.94. The third-order valence-electron chi connectivity index (χ3n) is 3.74. The van der Waals surface area contributed by atoms with Gasteiger partial charge >= 0.3 is 0 Å². The number of rotatable bonds is 2. The van der Waals surface area contributed by atoms with E-state index in [2.05, 4.69) is 44.6 Å². The number of aryl methyl sites for hydroxylation is 1. The van der Waals surface area contributed by atoms with E-state index in [-0.39, 0.29) is 0 Å². The van der Waals surface area contributed by atoms with Gasteiger partial charge in [0.25, 0.3) is 0 Å². The maximum atomic E-state index is 3.55. The van der Waals surface area contributed by atoms with Gasteiger partial charge in [-0.3, -0.25) is 0 Å². The Morgan fingerprint density at radius 2 is 2.19 bits per heavy atom. The molecule has 1 heterocycles. The van der Waals surface area contributed by atoms with E-state index in [4.69, 9.17) is 0 Å². The predicted octanol–water partition coefficient (Wildman–Crippen LogP) is 3.80. The van der Waals surface area contributed by atoms with Crippen LogP contribution in [0.2, 0.25) is 0 Å². The molecule has 1 nitrogen and oxygen atoms in total. The minimum atomic E-state index is 0.329. The van der Waals surface area contributed by atoms with E-state index in [1.54, 1.807) is 10.4 Å². The van der Waals surface area contributed by atoms with Crippen LogP contribution in [0, 0.1) is 5.41 Å². The molecule has 0 fully saturated rings. The van der Waals surface area contributed by atoms with Crippen LogP contribution < -0.4 is 5.32 Å². The summed E-state index contributed by atoms with van der Waals surface area (Å²) in [6.45, 7) is 7.03. The first-order chi connectivity index (χ1) is 7.54. The molecule has 0 radical (unpaired) electrons. The molecule has 1 aromatic rings. The molecule has 90 valence electrons. The molecule has 0 aromatic carbocycles. The summed E-state index contributed by atoms with van der Waals surface area (Å²) in [6.07, 6.45) is 3.99. The minimum absolute atomic E-state index is 0.329. The zero-order chi connectivity index (χ0) is 11.8. The van der Waals surface area contributed by atoms with Crippen LogP contribution in [-0.2, 0) is 6.42 Å². The Morgan fingerprint density at radius 1 is 1.44 bits per heavy atom. The van der Waals surface area contributed by atoms with E-state index >= 15 is 0 Å². The molecule has 1 aliphatic rings. The van der Waals surface area contributed by atoms with Crippen molar-refractivity contribution in [2.75, 3.05) is 7.05 Å². The van der Waals surface area contributed by atoms with Crippen LogP contribution in [-0.4, -0.2) is 13.1 Å². The predicted molar refractivity (Wildman–Crippen MR) is 72.3 cm³/mol. The van der Waals surface area contributed by atoms with Gasteiger partial charge in [0, 0.05) is 16.8 Å². The van der Waals surface area contributed by atoms with Gasteiger partial charge in [-0.25, -0.2) is 0 Å². The Hall–Kier alpha value is -0.340. The number of thiophene rings is 1. The minimum Gasteiger partial charge on any atom is -0.316 e. The van der Waals surface area contributed by atoms with E-state index in [0.717, 1.165) is 0 Å². The normalized spacial score (nSPS) is 22.9. The molecule has 1 aliphatic carbocycles. The summed E-state index contributed by atoms with van der Waals surface area (Å²) in [5, 5.41) is 5.81. The summed E-state index contributed by atoms with van der Waals surface area (Å²) in [4.78, 5) is 1.63. The summed E-state index contributed by atoms with van der Waals surface area (Å²) in [7, 11) is 2.11. The van der Waals surface area contributed by atoms with Gasteiger partial charge in [0.2, 0.25) is 0 Å². The number of hydrogen-bond donors (Lipinski definition) is 1. The van der Waals surface area contributed by atoms with Crippen molar-refractivity contribution >= 4 is 11.3 Å². The molecule has 1 N–H and O–H groups in total. The zero-order valence-corrected chi connectivity index (χ0v) is 11.7. The highest BCUT2D eigenvalue weighted by molar-refractivity contribution is 7.10. The fourth-order valence-corrected chi connectivity index (χ4v) is 4.10. The molecule has 2 unspecified atom stereocenters. The summed E-state index contributed by atoms with van der Waals surface area (Å²) in [6, 6.07) is 2.93. The number of hydrogen-bond acceptors (Lipinski definition) is 2. The smallest absolute Gasteiger partial charge is 0.0182 e. The molecule has 0 saturated heterocycles. The maximum Gasteiger partial charge on any atom is 0.0182 e. The second-order valence-electron chi connectivity index (χ2n) is 5.93. The standard InChI is InChI=1S/C14H23NS/c1-14(2,3)13(15-4)11-6-5-7-12-10(11)8-9-16-12/h8-9,11,13,15H,5-7H2,1-4H3. The Morgan fingerprint density at radius 3 is 2.81 bits per heavy atom. The third kappa shape index (κ3) is 2.18. The molecule has 1 aromatic heterocycles. The number of fused-ring (bicyclic) bond motifs is 1. The molecule has 0 amide bonds. The van der Waals surface area contributed by atoms with Crippen molar-refractivity contribution in [3.63, 3.8) is 0 Å². The van der Waals surface area contributed by atoms with Crippen LogP contribution in [0.25, 0.3) is 0 Å². The summed E-state index contributed by atoms with van der Waals surface area (Å²) in [5.74, 6) is 0.708. The largest absolute Gasteiger partial charge is 0.316 e. The summed E-state index contributed by atoms with van der Waals surface area (Å²) < 4.78 is 0. The van der Waals surface area contributed by atoms with Crippen molar-refractivity contribution in [1.82, 2.24) is 5.32 Å². The molecular formula is C14H23NS. The molecule has 2 heteroatoms. The summed E-state index contributed by atoms with van der Waals surface area (Å²) in [5.41, 5.74) is 1.95. The quantitative estimate of drug-likeness (QED) is 0.825. The van der Waals surface area contributed by atoms with E-state index in [9.17, 15) is 0 Å². The first-order valence-electron chi connectivity index (χ1n) is 6.27. The van der Waals surface area contributed by atoms with Gasteiger partial charge in [-0.15, -0.1) is 11.3 Å². The van der Waals surface area contributed by atoms with E-state index in [1.165, 1.54) is 19.3 Å². The fourth-order valence-electron chi connectivity index (χ4n) is 3.11. The highest BCUT2D eigenvalue weighted by atomic mass is 32.1. The van der Waals surface area contributed by atoms with Crippen molar-refractivity contribution in [3.05, 3.63) is 21.9 Å². The van der Waals surface area contributed by atoms with Crippen LogP contribution in [0.1, 0.15) is 50.0 Å². The fraction of sp³-hybridized carbons (Fsp3) is 0.714. The highest BCUT2D eigenvalue weighted by Crippen LogP contribution is 2.41. The topological polar surface area (TPSA) is 12.0 Å². The molecule has 2 atom stereocenters. The van der Waals surface area contributed by atoms with Gasteiger partial charge < -0.3 is 5.32 Å². The molecule has 0 saturated carbocycles. The van der Waals surface area contributed by atoms with Gasteiger partial charge in [0.05, 0.1) is 0 Å². The molecule has 0 bridgehead atoms. The number of nitrogens with one attached hydrogen (secondary N) is 1. The van der Waals surface area contributed by atoms with Crippen molar-refractivity contribution < 1.29 is 0 Å². The van der Waals surface area contributed by atoms with Crippen molar-refractivity contribution in [3.8, 4) is 0 Å². The molecular weight excluding hydrogens is 214 g/mol. The molecule has 16 heavy (non-hydrogen) atoms. The Bertz CT molecular complexity index is 348. The van der Waals surface area contributed by atoms with Gasteiger partial charge in [-0.1, -0.05) is 20.8 Å². The first kappa shape index (κ1) is 12.1. The maximum absolute atomic E-state index is 3.55. The van der Waals surface area contributed by atoms with Crippen molar-refractivity contribution in [2.45, 2.75) is 52.0 Å². The first-order valence-corrected chi connectivity index (χ1v) is 7.15. The highest BCUT2D eigenvalue weighted by Gasteiger charge is 2.34. The lowest BCUT2D eigenvalue weighted by atomic mass is 9.72. The Kier molecular flexibility index (Phi) is 3.41. The second-order valence-corrected chi connectivity index (χ2v) is 6.93. The average molecular weight is 237 g/mol. The van der Waals surface area contributed by atoms with Crippen LogP contribution in [0.3, 0.4) is 0 Å². The van der Waals surface area contributed by atoms with Crippen molar-refractivity contribution in [2.24, 2.45) is 5.41 Å². The van der Waals surface area contributed by atoms with Crippen LogP contribution in [0.5, 0.6) is 0 Å². The van der Waals surface area contributed by atoms with E-state index in [1.807, 2.05) is 11.3 Å². The Labute approximate surface area is 103 Å². The lowest BCUT2D eigenvalue weighted by Gasteiger charge is -2.39. The average Bonchev–Trinajstić information content (AvgIpc) is 2.65. The third-order valence-corrected chi connectivity index (χ3v) is 4.74. The van der Waals surface area contributed by atoms with E-state index < -0.39 is 0 Å². The van der Waals surface area contributed by atoms with Gasteiger partial charge in [0.1, 0.15) is 0 Å². The lowest BCUT2D eigenvalue weighted by Crippen LogP contribution is -2.43. The van der Waals surface area contributed by atoms with Crippen LogP contribution >= 0.6 is 11.3 Å². The van der Waals surface area contributed by atoms with Crippen molar-refractivity contribution in [1.29, 1.82) is 0 Å². The van der Waals surface area contributed by atoms with Gasteiger partial charge in [-0.2, -0.15) is 0 Å².